The van der Waals surface area contributed by atoms with Crippen LogP contribution in [0, 0.1) is 0 Å². The third-order valence-corrected chi connectivity index (χ3v) is 6.78. The van der Waals surface area contributed by atoms with Gasteiger partial charge in [0.1, 0.15) is 6.23 Å². The van der Waals surface area contributed by atoms with E-state index in [2.05, 4.69) is 10.6 Å². The standard InChI is InChI=1S/C19H19Cl2N3O5S/c20-14-3-1-13(2-4-14)11-22-18(25)19(26)23-12-17-24(9-10-29-17)30(27,28)16-7-5-15(21)6-8-16/h1-8,17H,9-12H2,(H,22,25)(H,23,26). The maximum absolute atomic E-state index is 12.8. The third-order valence-electron chi connectivity index (χ3n) is 4.37. The molecule has 2 aromatic rings. The number of hydrogen-bond acceptors (Lipinski definition) is 5. The second kappa shape index (κ2) is 9.76. The van der Waals surface area contributed by atoms with Gasteiger partial charge in [0.2, 0.25) is 10.0 Å². The molecule has 1 unspecified atom stereocenters. The molecule has 1 aliphatic heterocycles. The summed E-state index contributed by atoms with van der Waals surface area (Å²) in [5.74, 6) is -1.72. The molecule has 3 rings (SSSR count). The first-order valence-corrected chi connectivity index (χ1v) is 11.2. The highest BCUT2D eigenvalue weighted by molar-refractivity contribution is 7.89. The Morgan fingerprint density at radius 1 is 0.967 bits per heavy atom. The van der Waals surface area contributed by atoms with E-state index >= 15 is 0 Å². The van der Waals surface area contributed by atoms with Crippen LogP contribution in [0.2, 0.25) is 10.0 Å². The smallest absolute Gasteiger partial charge is 0.309 e. The Balaban J connectivity index is 1.54. The fourth-order valence-corrected chi connectivity index (χ4v) is 4.57. The van der Waals surface area contributed by atoms with Crippen LogP contribution in [0.25, 0.3) is 0 Å². The molecule has 2 N–H and O–H groups in total. The van der Waals surface area contributed by atoms with Gasteiger partial charge in [-0.1, -0.05) is 35.3 Å². The predicted octanol–water partition coefficient (Wildman–Crippen LogP) is 1.77. The zero-order chi connectivity index (χ0) is 21.7. The zero-order valence-corrected chi connectivity index (χ0v) is 18.0. The summed E-state index contributed by atoms with van der Waals surface area (Å²) in [7, 11) is -3.84. The Bertz CT molecular complexity index is 1010. The van der Waals surface area contributed by atoms with Crippen molar-refractivity contribution in [1.29, 1.82) is 0 Å². The molecule has 160 valence electrons. The van der Waals surface area contributed by atoms with E-state index in [9.17, 15) is 18.0 Å². The second-order valence-corrected chi connectivity index (χ2v) is 9.18. The summed E-state index contributed by atoms with van der Waals surface area (Å²) in [6, 6.07) is 12.6. The first kappa shape index (κ1) is 22.5. The summed E-state index contributed by atoms with van der Waals surface area (Å²) in [4.78, 5) is 24.1. The summed E-state index contributed by atoms with van der Waals surface area (Å²) in [5, 5.41) is 5.88. The molecule has 0 radical (unpaired) electrons. The van der Waals surface area contributed by atoms with Gasteiger partial charge in [-0.2, -0.15) is 4.31 Å². The maximum Gasteiger partial charge on any atom is 0.309 e. The van der Waals surface area contributed by atoms with Crippen LogP contribution in [0.4, 0.5) is 0 Å². The molecule has 1 saturated heterocycles. The van der Waals surface area contributed by atoms with E-state index in [1.165, 1.54) is 24.3 Å². The Labute approximate surface area is 184 Å². The molecule has 1 fully saturated rings. The van der Waals surface area contributed by atoms with Crippen molar-refractivity contribution < 1.29 is 22.7 Å². The summed E-state index contributed by atoms with van der Waals surface area (Å²) in [5.41, 5.74) is 0.778. The fraction of sp³-hybridized carbons (Fsp3) is 0.263. The molecule has 30 heavy (non-hydrogen) atoms. The molecule has 0 spiro atoms. The molecule has 11 heteroatoms. The molecule has 0 bridgehead atoms. The van der Waals surface area contributed by atoms with Gasteiger partial charge in [-0.15, -0.1) is 0 Å². The number of hydrogen-bond donors (Lipinski definition) is 2. The van der Waals surface area contributed by atoms with Crippen LogP contribution in [0.3, 0.4) is 0 Å². The number of nitrogens with zero attached hydrogens (tertiary/aromatic N) is 1. The number of rotatable bonds is 6. The van der Waals surface area contributed by atoms with Crippen LogP contribution in [0.1, 0.15) is 5.56 Å². The lowest BCUT2D eigenvalue weighted by Crippen LogP contribution is -2.47. The molecule has 1 aliphatic rings. The van der Waals surface area contributed by atoms with E-state index in [1.54, 1.807) is 24.3 Å². The summed E-state index contributed by atoms with van der Waals surface area (Å²) >= 11 is 11.6. The van der Waals surface area contributed by atoms with Crippen molar-refractivity contribution in [3.05, 3.63) is 64.1 Å². The van der Waals surface area contributed by atoms with Gasteiger partial charge in [-0.05, 0) is 42.0 Å². The Morgan fingerprint density at radius 2 is 1.53 bits per heavy atom. The largest absolute Gasteiger partial charge is 0.359 e. The van der Waals surface area contributed by atoms with E-state index in [4.69, 9.17) is 27.9 Å². The molecular formula is C19H19Cl2N3O5S. The van der Waals surface area contributed by atoms with E-state index in [-0.39, 0.29) is 31.1 Å². The number of nitrogens with one attached hydrogen (secondary N) is 2. The first-order valence-electron chi connectivity index (χ1n) is 8.97. The molecule has 0 saturated carbocycles. The first-order chi connectivity index (χ1) is 14.3. The Kier molecular flexibility index (Phi) is 7.32. The lowest BCUT2D eigenvalue weighted by Gasteiger charge is -2.22. The zero-order valence-electron chi connectivity index (χ0n) is 15.7. The molecule has 1 atom stereocenters. The van der Waals surface area contributed by atoms with Crippen molar-refractivity contribution >= 4 is 45.0 Å². The number of halogens is 2. The van der Waals surface area contributed by atoms with Crippen molar-refractivity contribution in [3.8, 4) is 0 Å². The lowest BCUT2D eigenvalue weighted by atomic mass is 10.2. The average Bonchev–Trinajstić information content (AvgIpc) is 3.21. The van der Waals surface area contributed by atoms with E-state index in [0.29, 0.717) is 10.0 Å². The maximum atomic E-state index is 12.8. The summed E-state index contributed by atoms with van der Waals surface area (Å²) < 4.78 is 32.2. The Morgan fingerprint density at radius 3 is 2.17 bits per heavy atom. The monoisotopic (exact) mass is 471 g/mol. The minimum absolute atomic E-state index is 0.0643. The predicted molar refractivity (Wildman–Crippen MR) is 111 cm³/mol. The number of amides is 2. The number of carbonyl (C=O) groups excluding carboxylic acids is 2. The molecule has 8 nitrogen and oxygen atoms in total. The number of sulfonamides is 1. The van der Waals surface area contributed by atoms with Gasteiger partial charge in [0.15, 0.2) is 0 Å². The lowest BCUT2D eigenvalue weighted by molar-refractivity contribution is -0.139. The van der Waals surface area contributed by atoms with Crippen LogP contribution < -0.4 is 10.6 Å². The molecule has 2 aromatic carbocycles. The van der Waals surface area contributed by atoms with E-state index in [1.807, 2.05) is 0 Å². The SMILES string of the molecule is O=C(NCc1ccc(Cl)cc1)C(=O)NCC1OCCN1S(=O)(=O)c1ccc(Cl)cc1. The van der Waals surface area contributed by atoms with Crippen LogP contribution in [-0.2, 0) is 30.9 Å². The number of benzene rings is 2. The third kappa shape index (κ3) is 5.50. The van der Waals surface area contributed by atoms with E-state index in [0.717, 1.165) is 9.87 Å². The quantitative estimate of drug-likeness (QED) is 0.624. The highest BCUT2D eigenvalue weighted by Gasteiger charge is 2.36. The minimum Gasteiger partial charge on any atom is -0.359 e. The van der Waals surface area contributed by atoms with Gasteiger partial charge in [0.25, 0.3) is 0 Å². The van der Waals surface area contributed by atoms with E-state index < -0.39 is 28.1 Å². The molecule has 2 amide bonds. The van der Waals surface area contributed by atoms with Crippen LogP contribution >= 0.6 is 23.2 Å². The Hall–Kier alpha value is -2.17. The highest BCUT2D eigenvalue weighted by atomic mass is 35.5. The van der Waals surface area contributed by atoms with Crippen molar-refractivity contribution in [2.45, 2.75) is 17.7 Å². The fourth-order valence-electron chi connectivity index (χ4n) is 2.81. The van der Waals surface area contributed by atoms with Gasteiger partial charge in [0, 0.05) is 23.1 Å². The van der Waals surface area contributed by atoms with Gasteiger partial charge in [-0.25, -0.2) is 8.42 Å². The summed E-state index contributed by atoms with van der Waals surface area (Å²) in [6.45, 7) is 0.296. The number of ether oxygens (including phenoxy) is 1. The van der Waals surface area contributed by atoms with Gasteiger partial charge in [0.05, 0.1) is 18.0 Å². The van der Waals surface area contributed by atoms with Crippen molar-refractivity contribution in [2.24, 2.45) is 0 Å². The van der Waals surface area contributed by atoms with Gasteiger partial charge >= 0.3 is 11.8 Å². The normalized spacial score (nSPS) is 16.9. The van der Waals surface area contributed by atoms with Crippen molar-refractivity contribution in [1.82, 2.24) is 14.9 Å². The minimum atomic E-state index is -3.84. The number of carbonyl (C=O) groups is 2. The second-order valence-electron chi connectivity index (χ2n) is 6.41. The summed E-state index contributed by atoms with van der Waals surface area (Å²) in [6.07, 6.45) is -0.918. The molecule has 0 aromatic heterocycles. The van der Waals surface area contributed by atoms with Gasteiger partial charge in [-0.3, -0.25) is 9.59 Å². The molecular weight excluding hydrogens is 453 g/mol. The highest BCUT2D eigenvalue weighted by Crippen LogP contribution is 2.23. The van der Waals surface area contributed by atoms with Crippen molar-refractivity contribution in [2.75, 3.05) is 19.7 Å². The van der Waals surface area contributed by atoms with Crippen molar-refractivity contribution in [3.63, 3.8) is 0 Å². The van der Waals surface area contributed by atoms with Gasteiger partial charge < -0.3 is 15.4 Å². The van der Waals surface area contributed by atoms with Crippen LogP contribution in [0.15, 0.2) is 53.4 Å². The van der Waals surface area contributed by atoms with Crippen LogP contribution in [-0.4, -0.2) is 50.5 Å². The topological polar surface area (TPSA) is 105 Å². The van der Waals surface area contributed by atoms with Crippen LogP contribution in [0.5, 0.6) is 0 Å². The molecule has 1 heterocycles. The average molecular weight is 472 g/mol. The molecule has 0 aliphatic carbocycles.